The Kier molecular flexibility index (Phi) is 4.61. The normalized spacial score (nSPS) is 18.0. The van der Waals surface area contributed by atoms with Crippen molar-refractivity contribution in [2.24, 2.45) is 5.92 Å². The molecule has 2 aromatic heterocycles. The van der Waals surface area contributed by atoms with Crippen LogP contribution in [0, 0.1) is 11.7 Å². The second-order valence-corrected chi connectivity index (χ2v) is 7.76. The highest BCUT2D eigenvalue weighted by Gasteiger charge is 2.30. The van der Waals surface area contributed by atoms with Gasteiger partial charge in [-0.15, -0.1) is 15.3 Å². The topological polar surface area (TPSA) is 66.6 Å². The molecule has 0 radical (unpaired) electrons. The van der Waals surface area contributed by atoms with Crippen LogP contribution < -0.4 is 4.90 Å². The lowest BCUT2D eigenvalue weighted by atomic mass is 9.95. The summed E-state index contributed by atoms with van der Waals surface area (Å²) in [6.45, 7) is 3.37. The van der Waals surface area contributed by atoms with E-state index in [0.717, 1.165) is 57.7 Å². The van der Waals surface area contributed by atoms with Crippen molar-refractivity contribution >= 4 is 17.4 Å². The molecule has 0 spiro atoms. The second kappa shape index (κ2) is 7.42. The minimum Gasteiger partial charge on any atom is -0.355 e. The van der Waals surface area contributed by atoms with Gasteiger partial charge in [0.15, 0.2) is 11.5 Å². The Morgan fingerprint density at radius 2 is 1.72 bits per heavy atom. The first kappa shape index (κ1) is 18.0. The number of benzene rings is 1. The molecule has 8 heteroatoms. The van der Waals surface area contributed by atoms with Gasteiger partial charge in [0, 0.05) is 32.1 Å². The number of likely N-dealkylation sites (tertiary alicyclic amines) is 1. The number of amides is 1. The van der Waals surface area contributed by atoms with E-state index >= 15 is 0 Å². The zero-order valence-corrected chi connectivity index (χ0v) is 16.2. The Balaban J connectivity index is 1.35. The van der Waals surface area contributed by atoms with Crippen molar-refractivity contribution in [3.05, 3.63) is 42.2 Å². The van der Waals surface area contributed by atoms with Crippen molar-refractivity contribution in [2.45, 2.75) is 25.7 Å². The van der Waals surface area contributed by atoms with Crippen molar-refractivity contribution in [3.63, 3.8) is 0 Å². The highest BCUT2D eigenvalue weighted by atomic mass is 19.1. The van der Waals surface area contributed by atoms with Gasteiger partial charge in [0.05, 0.1) is 5.56 Å². The third-order valence-corrected chi connectivity index (χ3v) is 5.95. The van der Waals surface area contributed by atoms with Crippen LogP contribution in [0.5, 0.6) is 0 Å². The summed E-state index contributed by atoms with van der Waals surface area (Å²) in [6, 6.07) is 10.3. The Labute approximate surface area is 168 Å². The van der Waals surface area contributed by atoms with Crippen LogP contribution in [-0.2, 0) is 4.79 Å². The monoisotopic (exact) mass is 394 g/mol. The van der Waals surface area contributed by atoms with E-state index in [1.54, 1.807) is 22.7 Å². The molecule has 4 heterocycles. The van der Waals surface area contributed by atoms with E-state index in [9.17, 15) is 9.18 Å². The number of anilines is 1. The first-order chi connectivity index (χ1) is 14.2. The summed E-state index contributed by atoms with van der Waals surface area (Å²) < 4.78 is 15.8. The van der Waals surface area contributed by atoms with E-state index in [2.05, 4.69) is 20.2 Å². The van der Waals surface area contributed by atoms with Gasteiger partial charge in [-0.1, -0.05) is 12.1 Å². The van der Waals surface area contributed by atoms with Gasteiger partial charge in [-0.05, 0) is 49.9 Å². The van der Waals surface area contributed by atoms with E-state index in [0.29, 0.717) is 22.9 Å². The fourth-order valence-corrected chi connectivity index (χ4v) is 4.31. The van der Waals surface area contributed by atoms with Crippen LogP contribution in [0.2, 0.25) is 0 Å². The summed E-state index contributed by atoms with van der Waals surface area (Å²) in [5.41, 5.74) is 0.950. The van der Waals surface area contributed by atoms with Crippen LogP contribution in [-0.4, -0.2) is 56.8 Å². The van der Waals surface area contributed by atoms with E-state index in [1.165, 1.54) is 6.07 Å². The number of carbonyl (C=O) groups is 1. The van der Waals surface area contributed by atoms with E-state index in [-0.39, 0.29) is 11.7 Å². The molecule has 7 nitrogen and oxygen atoms in total. The molecule has 2 fully saturated rings. The molecule has 1 amide bonds. The van der Waals surface area contributed by atoms with Gasteiger partial charge < -0.3 is 9.80 Å². The van der Waals surface area contributed by atoms with Gasteiger partial charge >= 0.3 is 0 Å². The lowest BCUT2D eigenvalue weighted by Crippen LogP contribution is -2.42. The minimum absolute atomic E-state index is 0.108. The molecule has 2 aliphatic rings. The Hall–Kier alpha value is -3.03. The van der Waals surface area contributed by atoms with Crippen LogP contribution in [0.4, 0.5) is 10.2 Å². The molecule has 0 atom stereocenters. The zero-order valence-electron chi connectivity index (χ0n) is 16.2. The van der Waals surface area contributed by atoms with Gasteiger partial charge in [0.1, 0.15) is 11.6 Å². The summed E-state index contributed by atoms with van der Waals surface area (Å²) in [6.07, 6.45) is 3.91. The largest absolute Gasteiger partial charge is 0.355 e. The standard InChI is InChI=1S/C21H23FN6O/c22-17-6-2-1-5-16(17)20-24-23-18-7-8-19(25-28(18)20)26-13-9-15(10-14-26)21(29)27-11-3-4-12-27/h1-2,5-8,15H,3-4,9-14H2. The third kappa shape index (κ3) is 3.32. The van der Waals surface area contributed by atoms with Crippen molar-refractivity contribution in [1.29, 1.82) is 0 Å². The van der Waals surface area contributed by atoms with Crippen LogP contribution in [0.15, 0.2) is 36.4 Å². The molecule has 0 saturated carbocycles. The summed E-state index contributed by atoms with van der Waals surface area (Å²) in [4.78, 5) is 16.8. The molecular weight excluding hydrogens is 371 g/mol. The Bertz CT molecular complexity index is 1040. The smallest absolute Gasteiger partial charge is 0.225 e. The number of hydrogen-bond donors (Lipinski definition) is 0. The molecule has 5 rings (SSSR count). The SMILES string of the molecule is O=C(C1CCN(c2ccc3nnc(-c4ccccc4F)n3n2)CC1)N1CCCC1. The Morgan fingerprint density at radius 3 is 2.48 bits per heavy atom. The third-order valence-electron chi connectivity index (χ3n) is 5.95. The molecule has 0 N–H and O–H groups in total. The highest BCUT2D eigenvalue weighted by Crippen LogP contribution is 2.26. The van der Waals surface area contributed by atoms with Crippen molar-refractivity contribution in [2.75, 3.05) is 31.1 Å². The molecule has 0 bridgehead atoms. The lowest BCUT2D eigenvalue weighted by molar-refractivity contribution is -0.135. The van der Waals surface area contributed by atoms with Crippen molar-refractivity contribution in [1.82, 2.24) is 24.7 Å². The number of carbonyl (C=O) groups excluding carboxylic acids is 1. The average Bonchev–Trinajstić information content (AvgIpc) is 3.44. The maximum Gasteiger partial charge on any atom is 0.225 e. The van der Waals surface area contributed by atoms with Crippen molar-refractivity contribution < 1.29 is 9.18 Å². The number of halogens is 1. The maximum absolute atomic E-state index is 14.2. The first-order valence-electron chi connectivity index (χ1n) is 10.2. The number of aromatic nitrogens is 4. The molecule has 1 aromatic carbocycles. The lowest BCUT2D eigenvalue weighted by Gasteiger charge is -2.33. The summed E-state index contributed by atoms with van der Waals surface area (Å²) in [7, 11) is 0. The molecule has 2 aliphatic heterocycles. The summed E-state index contributed by atoms with van der Waals surface area (Å²) in [5.74, 6) is 1.25. The van der Waals surface area contributed by atoms with Crippen LogP contribution in [0.25, 0.3) is 17.0 Å². The average molecular weight is 394 g/mol. The quantitative estimate of drug-likeness (QED) is 0.683. The molecule has 29 heavy (non-hydrogen) atoms. The number of hydrogen-bond acceptors (Lipinski definition) is 5. The summed E-state index contributed by atoms with van der Waals surface area (Å²) >= 11 is 0. The Morgan fingerprint density at radius 1 is 0.966 bits per heavy atom. The van der Waals surface area contributed by atoms with E-state index in [1.807, 2.05) is 17.0 Å². The van der Waals surface area contributed by atoms with Crippen LogP contribution in [0.1, 0.15) is 25.7 Å². The van der Waals surface area contributed by atoms with Gasteiger partial charge in [-0.3, -0.25) is 4.79 Å². The number of piperidine rings is 1. The van der Waals surface area contributed by atoms with Crippen LogP contribution in [0.3, 0.4) is 0 Å². The number of rotatable bonds is 3. The molecule has 3 aromatic rings. The molecule has 150 valence electrons. The van der Waals surface area contributed by atoms with Gasteiger partial charge in [-0.2, -0.15) is 4.52 Å². The predicted molar refractivity (Wildman–Crippen MR) is 107 cm³/mol. The van der Waals surface area contributed by atoms with E-state index in [4.69, 9.17) is 0 Å². The number of fused-ring (bicyclic) bond motifs is 1. The molecular formula is C21H23FN6O. The van der Waals surface area contributed by atoms with Crippen LogP contribution >= 0.6 is 0 Å². The van der Waals surface area contributed by atoms with Gasteiger partial charge in [0.2, 0.25) is 5.91 Å². The number of nitrogens with zero attached hydrogens (tertiary/aromatic N) is 6. The molecule has 2 saturated heterocycles. The highest BCUT2D eigenvalue weighted by molar-refractivity contribution is 5.79. The zero-order chi connectivity index (χ0) is 19.8. The minimum atomic E-state index is -0.352. The van der Waals surface area contributed by atoms with Gasteiger partial charge in [-0.25, -0.2) is 4.39 Å². The fraction of sp³-hybridized carbons (Fsp3) is 0.429. The summed E-state index contributed by atoms with van der Waals surface area (Å²) in [5, 5.41) is 12.9. The predicted octanol–water partition coefficient (Wildman–Crippen LogP) is 2.77. The van der Waals surface area contributed by atoms with E-state index < -0.39 is 0 Å². The van der Waals surface area contributed by atoms with Gasteiger partial charge in [0.25, 0.3) is 0 Å². The van der Waals surface area contributed by atoms with Crippen molar-refractivity contribution in [3.8, 4) is 11.4 Å². The first-order valence-corrected chi connectivity index (χ1v) is 10.2. The molecule has 0 aliphatic carbocycles. The maximum atomic E-state index is 14.2. The molecule has 0 unspecified atom stereocenters. The second-order valence-electron chi connectivity index (χ2n) is 7.76. The fourth-order valence-electron chi connectivity index (χ4n) is 4.31.